The van der Waals surface area contributed by atoms with Gasteiger partial charge in [0.1, 0.15) is 17.7 Å². The Labute approximate surface area is 158 Å². The monoisotopic (exact) mass is 372 g/mol. The van der Waals surface area contributed by atoms with Crippen molar-refractivity contribution in [3.63, 3.8) is 0 Å². The molecule has 1 saturated carbocycles. The Balaban J connectivity index is 1.32. The van der Waals surface area contributed by atoms with E-state index in [2.05, 4.69) is 9.88 Å². The molecule has 2 aromatic rings. The van der Waals surface area contributed by atoms with Crippen LogP contribution in [0.25, 0.3) is 0 Å². The molecular weight excluding hydrogens is 347 g/mol. The molecule has 4 atom stereocenters. The summed E-state index contributed by atoms with van der Waals surface area (Å²) < 4.78 is 13.1. The van der Waals surface area contributed by atoms with Crippen LogP contribution in [-0.4, -0.2) is 50.4 Å². The van der Waals surface area contributed by atoms with Crippen molar-refractivity contribution in [3.05, 3.63) is 59.7 Å². The fourth-order valence-electron chi connectivity index (χ4n) is 4.77. The molecule has 0 spiro atoms. The lowest BCUT2D eigenvalue weighted by molar-refractivity contribution is 0.0327. The van der Waals surface area contributed by atoms with Gasteiger partial charge in [-0.3, -0.25) is 9.88 Å². The SMILES string of the molecule is Oc1ccc([C@@H](O)CN2C[C@@H]3C[C@@](O)(Cc4ccc(F)cc4)C[C@@H]3C2)nc1. The van der Waals surface area contributed by atoms with E-state index >= 15 is 0 Å². The van der Waals surface area contributed by atoms with Crippen molar-refractivity contribution in [1.29, 1.82) is 0 Å². The second kappa shape index (κ2) is 7.19. The van der Waals surface area contributed by atoms with Crippen LogP contribution in [0.5, 0.6) is 5.75 Å². The van der Waals surface area contributed by atoms with E-state index in [9.17, 15) is 19.7 Å². The van der Waals surface area contributed by atoms with Crippen LogP contribution in [0.1, 0.15) is 30.2 Å². The first kappa shape index (κ1) is 18.3. The number of benzene rings is 1. The summed E-state index contributed by atoms with van der Waals surface area (Å²) in [6.45, 7) is 2.21. The number of aliphatic hydroxyl groups excluding tert-OH is 1. The van der Waals surface area contributed by atoms with Gasteiger partial charge in [-0.1, -0.05) is 12.1 Å². The minimum Gasteiger partial charge on any atom is -0.506 e. The summed E-state index contributed by atoms with van der Waals surface area (Å²) in [4.78, 5) is 6.30. The molecule has 144 valence electrons. The van der Waals surface area contributed by atoms with Gasteiger partial charge in [0.15, 0.2) is 0 Å². The molecule has 1 aromatic carbocycles. The smallest absolute Gasteiger partial charge is 0.133 e. The largest absolute Gasteiger partial charge is 0.506 e. The lowest BCUT2D eigenvalue weighted by Crippen LogP contribution is -2.33. The molecular formula is C21H25FN2O3. The number of hydrogen-bond donors (Lipinski definition) is 3. The van der Waals surface area contributed by atoms with Crippen LogP contribution < -0.4 is 0 Å². The van der Waals surface area contributed by atoms with E-state index in [1.807, 2.05) is 0 Å². The van der Waals surface area contributed by atoms with Crippen LogP contribution in [0.4, 0.5) is 4.39 Å². The molecule has 1 saturated heterocycles. The molecule has 0 bridgehead atoms. The molecule has 4 rings (SSSR count). The van der Waals surface area contributed by atoms with Gasteiger partial charge in [-0.2, -0.15) is 0 Å². The normalized spacial score (nSPS) is 29.0. The standard InChI is InChI=1S/C21H25FN2O3/c22-17-3-1-14(2-4-17)7-21(27)8-15-11-24(12-16(15)9-21)13-20(26)19-6-5-18(25)10-23-19/h1-6,10,15-16,20,25-27H,7-9,11-13H2/t15-,16+,20-,21-/m0/s1. The maximum atomic E-state index is 13.1. The summed E-state index contributed by atoms with van der Waals surface area (Å²) in [6.07, 6.45) is 2.67. The summed E-state index contributed by atoms with van der Waals surface area (Å²) in [5.74, 6) is 0.652. The summed E-state index contributed by atoms with van der Waals surface area (Å²) in [5, 5.41) is 30.7. The fourth-order valence-corrected chi connectivity index (χ4v) is 4.77. The maximum Gasteiger partial charge on any atom is 0.133 e. The number of aromatic hydroxyl groups is 1. The topological polar surface area (TPSA) is 76.8 Å². The number of aliphatic hydroxyl groups is 2. The quantitative estimate of drug-likeness (QED) is 0.751. The van der Waals surface area contributed by atoms with Gasteiger partial charge in [0, 0.05) is 26.1 Å². The Morgan fingerprint density at radius 1 is 1.11 bits per heavy atom. The second-order valence-corrected chi connectivity index (χ2v) is 8.13. The molecule has 2 heterocycles. The fraction of sp³-hybridized carbons (Fsp3) is 0.476. The van der Waals surface area contributed by atoms with Gasteiger partial charge in [-0.05, 0) is 54.5 Å². The van der Waals surface area contributed by atoms with Gasteiger partial charge in [0.05, 0.1) is 17.5 Å². The van der Waals surface area contributed by atoms with Crippen molar-refractivity contribution < 1.29 is 19.7 Å². The summed E-state index contributed by atoms with van der Waals surface area (Å²) >= 11 is 0. The zero-order chi connectivity index (χ0) is 19.0. The molecule has 1 aliphatic carbocycles. The number of pyridine rings is 1. The van der Waals surface area contributed by atoms with Crippen LogP contribution in [0.15, 0.2) is 42.6 Å². The first-order valence-electron chi connectivity index (χ1n) is 9.42. The van der Waals surface area contributed by atoms with Gasteiger partial charge in [0.25, 0.3) is 0 Å². The minimum absolute atomic E-state index is 0.0853. The Bertz CT molecular complexity index is 767. The van der Waals surface area contributed by atoms with Crippen molar-refractivity contribution >= 4 is 0 Å². The zero-order valence-corrected chi connectivity index (χ0v) is 15.1. The van der Waals surface area contributed by atoms with Gasteiger partial charge in [0.2, 0.25) is 0 Å². The Kier molecular flexibility index (Phi) is 4.88. The van der Waals surface area contributed by atoms with Crippen LogP contribution in [0.3, 0.4) is 0 Å². The minimum atomic E-state index is -0.726. The lowest BCUT2D eigenvalue weighted by Gasteiger charge is -2.27. The number of hydrogen-bond acceptors (Lipinski definition) is 5. The Morgan fingerprint density at radius 2 is 1.78 bits per heavy atom. The maximum absolute atomic E-state index is 13.1. The average Bonchev–Trinajstić information content (AvgIpc) is 3.11. The third kappa shape index (κ3) is 4.13. The second-order valence-electron chi connectivity index (χ2n) is 8.13. The van der Waals surface area contributed by atoms with E-state index in [-0.39, 0.29) is 11.6 Å². The van der Waals surface area contributed by atoms with Crippen molar-refractivity contribution in [2.45, 2.75) is 31.0 Å². The highest BCUT2D eigenvalue weighted by Crippen LogP contribution is 2.45. The summed E-state index contributed by atoms with van der Waals surface area (Å²) in [5.41, 5.74) is 0.790. The third-order valence-corrected chi connectivity index (χ3v) is 5.93. The number of aromatic nitrogens is 1. The molecule has 2 fully saturated rings. The number of nitrogens with zero attached hydrogens (tertiary/aromatic N) is 2. The predicted molar refractivity (Wildman–Crippen MR) is 98.6 cm³/mol. The highest BCUT2D eigenvalue weighted by Gasteiger charge is 2.48. The van der Waals surface area contributed by atoms with Crippen LogP contribution in [0, 0.1) is 17.7 Å². The van der Waals surface area contributed by atoms with E-state index in [1.165, 1.54) is 24.4 Å². The van der Waals surface area contributed by atoms with E-state index < -0.39 is 11.7 Å². The Morgan fingerprint density at radius 3 is 2.37 bits per heavy atom. The van der Waals surface area contributed by atoms with Crippen molar-refractivity contribution in [2.24, 2.45) is 11.8 Å². The van der Waals surface area contributed by atoms with Gasteiger partial charge in [-0.25, -0.2) is 4.39 Å². The van der Waals surface area contributed by atoms with Crippen LogP contribution in [-0.2, 0) is 6.42 Å². The molecule has 0 unspecified atom stereocenters. The highest BCUT2D eigenvalue weighted by molar-refractivity contribution is 5.20. The van der Waals surface area contributed by atoms with Gasteiger partial charge < -0.3 is 15.3 Å². The predicted octanol–water partition coefficient (Wildman–Crippen LogP) is 2.28. The first-order chi connectivity index (χ1) is 12.9. The van der Waals surface area contributed by atoms with E-state index in [0.29, 0.717) is 30.5 Å². The number of halogens is 1. The molecule has 1 aliphatic heterocycles. The van der Waals surface area contributed by atoms with E-state index in [1.54, 1.807) is 18.2 Å². The number of rotatable bonds is 5. The number of β-amino-alcohol motifs (C(OH)–C–C–N with tert-alkyl or cyclic N) is 1. The third-order valence-electron chi connectivity index (χ3n) is 5.93. The lowest BCUT2D eigenvalue weighted by atomic mass is 9.91. The molecule has 1 aromatic heterocycles. The Hall–Kier alpha value is -2.02. The number of fused-ring (bicyclic) bond motifs is 1. The zero-order valence-electron chi connectivity index (χ0n) is 15.1. The molecule has 27 heavy (non-hydrogen) atoms. The molecule has 2 aliphatic rings. The van der Waals surface area contributed by atoms with Crippen LogP contribution >= 0.6 is 0 Å². The average molecular weight is 372 g/mol. The van der Waals surface area contributed by atoms with E-state index in [4.69, 9.17) is 0 Å². The van der Waals surface area contributed by atoms with Gasteiger partial charge >= 0.3 is 0 Å². The highest BCUT2D eigenvalue weighted by atomic mass is 19.1. The molecule has 0 radical (unpaired) electrons. The molecule has 6 heteroatoms. The van der Waals surface area contributed by atoms with E-state index in [0.717, 1.165) is 31.5 Å². The number of likely N-dealkylation sites (tertiary alicyclic amines) is 1. The van der Waals surface area contributed by atoms with Crippen molar-refractivity contribution in [3.8, 4) is 5.75 Å². The van der Waals surface area contributed by atoms with Gasteiger partial charge in [-0.15, -0.1) is 0 Å². The van der Waals surface area contributed by atoms with Crippen molar-refractivity contribution in [2.75, 3.05) is 19.6 Å². The molecule has 5 nitrogen and oxygen atoms in total. The molecule has 3 N–H and O–H groups in total. The molecule has 0 amide bonds. The summed E-state index contributed by atoms with van der Waals surface area (Å²) in [6, 6.07) is 9.53. The summed E-state index contributed by atoms with van der Waals surface area (Å²) in [7, 11) is 0. The van der Waals surface area contributed by atoms with Crippen molar-refractivity contribution in [1.82, 2.24) is 9.88 Å². The van der Waals surface area contributed by atoms with Crippen LogP contribution in [0.2, 0.25) is 0 Å². The first-order valence-corrected chi connectivity index (χ1v) is 9.42.